The average Bonchev–Trinajstić information content (AvgIpc) is 2.74. The molecule has 0 aliphatic rings. The third kappa shape index (κ3) is 2.32. The number of aromatic nitrogens is 1. The maximum atomic E-state index is 5.67. The van der Waals surface area contributed by atoms with Crippen molar-refractivity contribution in [3.8, 4) is 0 Å². The largest absolute Gasteiger partial charge is 0.383 e. The Morgan fingerprint density at radius 3 is 2.93 bits per heavy atom. The lowest BCUT2D eigenvalue weighted by Gasteiger charge is -2.02. The minimum atomic E-state index is 0.618. The van der Waals surface area contributed by atoms with Gasteiger partial charge >= 0.3 is 0 Å². The van der Waals surface area contributed by atoms with Crippen molar-refractivity contribution in [2.75, 3.05) is 11.1 Å². The summed E-state index contributed by atoms with van der Waals surface area (Å²) in [5, 5.41) is 6.45. The molecule has 0 saturated heterocycles. The van der Waals surface area contributed by atoms with Crippen LogP contribution in [0.1, 0.15) is 10.4 Å². The van der Waals surface area contributed by atoms with Crippen molar-refractivity contribution in [2.24, 2.45) is 0 Å². The number of halogens is 1. The van der Waals surface area contributed by atoms with Crippen LogP contribution in [0.5, 0.6) is 0 Å². The van der Waals surface area contributed by atoms with Gasteiger partial charge in [0, 0.05) is 14.9 Å². The van der Waals surface area contributed by atoms with Crippen molar-refractivity contribution in [1.82, 2.24) is 4.37 Å². The van der Waals surface area contributed by atoms with E-state index in [1.165, 1.54) is 16.4 Å². The molecule has 2 aromatic heterocycles. The molecule has 0 fully saturated rings. The summed E-state index contributed by atoms with van der Waals surface area (Å²) in [5.41, 5.74) is 6.71. The highest BCUT2D eigenvalue weighted by Crippen LogP contribution is 2.28. The van der Waals surface area contributed by atoms with Crippen LogP contribution in [0.2, 0.25) is 0 Å². The highest BCUT2D eigenvalue weighted by Gasteiger charge is 2.07. The molecule has 15 heavy (non-hydrogen) atoms. The monoisotopic (exact) mass is 303 g/mol. The van der Waals surface area contributed by atoms with Gasteiger partial charge in [0.2, 0.25) is 0 Å². The molecule has 0 aliphatic carbocycles. The second-order valence-electron chi connectivity index (χ2n) is 3.07. The third-order valence-corrected chi connectivity index (χ3v) is 4.91. The Labute approximate surface area is 105 Å². The fraction of sp³-hybridized carbons (Fsp3) is 0.222. The van der Waals surface area contributed by atoms with Gasteiger partial charge in [0.15, 0.2) is 0 Å². The van der Waals surface area contributed by atoms with Crippen molar-refractivity contribution >= 4 is 49.6 Å². The topological polar surface area (TPSA) is 50.9 Å². The zero-order valence-corrected chi connectivity index (χ0v) is 11.3. The Kier molecular flexibility index (Phi) is 3.28. The summed E-state index contributed by atoms with van der Waals surface area (Å²) in [4.78, 5) is 1.28. The summed E-state index contributed by atoms with van der Waals surface area (Å²) in [6.07, 6.45) is 0. The van der Waals surface area contributed by atoms with Crippen molar-refractivity contribution < 1.29 is 0 Å². The van der Waals surface area contributed by atoms with Crippen molar-refractivity contribution in [1.29, 1.82) is 0 Å². The van der Waals surface area contributed by atoms with Gasteiger partial charge < -0.3 is 11.1 Å². The van der Waals surface area contributed by atoms with Crippen LogP contribution in [0, 0.1) is 6.92 Å². The maximum absolute atomic E-state index is 5.67. The lowest BCUT2D eigenvalue weighted by molar-refractivity contribution is 1.19. The Morgan fingerprint density at radius 1 is 1.60 bits per heavy atom. The normalized spacial score (nSPS) is 10.5. The van der Waals surface area contributed by atoms with Crippen molar-refractivity contribution in [2.45, 2.75) is 13.5 Å². The molecular formula is C9H10BrN3S2. The quantitative estimate of drug-likeness (QED) is 0.913. The number of nitrogens with zero attached hydrogens (tertiary/aromatic N) is 1. The first-order valence-electron chi connectivity index (χ1n) is 4.36. The molecule has 2 heterocycles. The SMILES string of the molecule is Cc1c(N)nsc1NCc1sccc1Br. The molecule has 0 saturated carbocycles. The molecule has 2 rings (SSSR count). The van der Waals surface area contributed by atoms with Gasteiger partial charge in [-0.1, -0.05) is 0 Å². The molecule has 0 radical (unpaired) electrons. The Morgan fingerprint density at radius 2 is 2.40 bits per heavy atom. The van der Waals surface area contributed by atoms with E-state index < -0.39 is 0 Å². The molecule has 3 N–H and O–H groups in total. The van der Waals surface area contributed by atoms with Crippen LogP contribution >= 0.6 is 38.8 Å². The molecule has 0 atom stereocenters. The van der Waals surface area contributed by atoms with Crippen LogP contribution in [0.15, 0.2) is 15.9 Å². The molecule has 0 spiro atoms. The number of thiophene rings is 1. The van der Waals surface area contributed by atoms with E-state index in [4.69, 9.17) is 5.73 Å². The van der Waals surface area contributed by atoms with Crippen LogP contribution in [0.25, 0.3) is 0 Å². The molecule has 0 amide bonds. The Balaban J connectivity index is 2.05. The molecule has 0 unspecified atom stereocenters. The highest BCUT2D eigenvalue weighted by atomic mass is 79.9. The van der Waals surface area contributed by atoms with E-state index in [1.807, 2.05) is 6.92 Å². The number of nitrogen functional groups attached to an aromatic ring is 1. The van der Waals surface area contributed by atoms with Gasteiger partial charge in [-0.05, 0) is 45.8 Å². The van der Waals surface area contributed by atoms with Crippen molar-refractivity contribution in [3.05, 3.63) is 26.4 Å². The van der Waals surface area contributed by atoms with E-state index in [-0.39, 0.29) is 0 Å². The second-order valence-corrected chi connectivity index (χ2v) is 5.70. The summed E-state index contributed by atoms with van der Waals surface area (Å²) >= 11 is 6.63. The zero-order valence-electron chi connectivity index (χ0n) is 8.08. The number of nitrogens with one attached hydrogen (secondary N) is 1. The van der Waals surface area contributed by atoms with Crippen LogP contribution in [-0.2, 0) is 6.54 Å². The van der Waals surface area contributed by atoms with Crippen LogP contribution < -0.4 is 11.1 Å². The van der Waals surface area contributed by atoms with Crippen LogP contribution in [0.3, 0.4) is 0 Å². The number of anilines is 2. The van der Waals surface area contributed by atoms with Gasteiger partial charge in [0.25, 0.3) is 0 Å². The van der Waals surface area contributed by atoms with Crippen LogP contribution in [-0.4, -0.2) is 4.37 Å². The number of rotatable bonds is 3. The summed E-state index contributed by atoms with van der Waals surface area (Å²) in [7, 11) is 0. The molecule has 80 valence electrons. The van der Waals surface area contributed by atoms with E-state index in [2.05, 4.69) is 37.1 Å². The Bertz CT molecular complexity index is 464. The molecule has 6 heteroatoms. The smallest absolute Gasteiger partial charge is 0.142 e. The first kappa shape index (κ1) is 10.9. The molecule has 0 aliphatic heterocycles. The average molecular weight is 304 g/mol. The summed E-state index contributed by atoms with van der Waals surface area (Å²) < 4.78 is 5.24. The van der Waals surface area contributed by atoms with Crippen LogP contribution in [0.4, 0.5) is 10.8 Å². The van der Waals surface area contributed by atoms with Gasteiger partial charge in [-0.2, -0.15) is 4.37 Å². The van der Waals surface area contributed by atoms with Crippen molar-refractivity contribution in [3.63, 3.8) is 0 Å². The summed E-state index contributed by atoms with van der Waals surface area (Å²) in [6.45, 7) is 2.78. The van der Waals surface area contributed by atoms with Gasteiger partial charge in [-0.3, -0.25) is 0 Å². The number of nitrogens with two attached hydrogens (primary N) is 1. The van der Waals surface area contributed by atoms with Gasteiger partial charge in [0.05, 0.1) is 6.54 Å². The lowest BCUT2D eigenvalue weighted by Crippen LogP contribution is -1.97. The second kappa shape index (κ2) is 4.51. The lowest BCUT2D eigenvalue weighted by atomic mass is 10.3. The van der Waals surface area contributed by atoms with E-state index in [0.29, 0.717) is 5.82 Å². The fourth-order valence-corrected chi connectivity index (χ4v) is 3.26. The molecule has 3 nitrogen and oxygen atoms in total. The third-order valence-electron chi connectivity index (χ3n) is 2.06. The number of hydrogen-bond donors (Lipinski definition) is 2. The maximum Gasteiger partial charge on any atom is 0.142 e. The zero-order chi connectivity index (χ0) is 10.8. The predicted molar refractivity (Wildman–Crippen MR) is 70.6 cm³/mol. The van der Waals surface area contributed by atoms with E-state index in [0.717, 1.165) is 21.6 Å². The Hall–Kier alpha value is -0.590. The van der Waals surface area contributed by atoms with E-state index in [1.54, 1.807) is 11.3 Å². The van der Waals surface area contributed by atoms with E-state index in [9.17, 15) is 0 Å². The fourth-order valence-electron chi connectivity index (χ4n) is 1.12. The minimum absolute atomic E-state index is 0.618. The standard InChI is InChI=1S/C9H10BrN3S2/c1-5-8(11)13-15-9(5)12-4-7-6(10)2-3-14-7/h2-3,12H,4H2,1H3,(H2,11,13). The number of hydrogen-bond acceptors (Lipinski definition) is 5. The van der Waals surface area contributed by atoms with E-state index >= 15 is 0 Å². The first-order chi connectivity index (χ1) is 7.18. The molecule has 0 aromatic carbocycles. The van der Waals surface area contributed by atoms with Gasteiger partial charge in [-0.25, -0.2) is 0 Å². The summed E-state index contributed by atoms with van der Waals surface area (Å²) in [6, 6.07) is 2.05. The first-order valence-corrected chi connectivity index (χ1v) is 6.80. The highest BCUT2D eigenvalue weighted by molar-refractivity contribution is 9.10. The van der Waals surface area contributed by atoms with Gasteiger partial charge in [0.1, 0.15) is 10.8 Å². The minimum Gasteiger partial charge on any atom is -0.383 e. The molecule has 2 aromatic rings. The predicted octanol–water partition coefficient (Wildman–Crippen LogP) is 3.47. The van der Waals surface area contributed by atoms with Gasteiger partial charge in [-0.15, -0.1) is 11.3 Å². The molecular weight excluding hydrogens is 294 g/mol. The molecule has 0 bridgehead atoms. The summed E-state index contributed by atoms with van der Waals surface area (Å²) in [5.74, 6) is 0.618.